The van der Waals surface area contributed by atoms with Crippen molar-refractivity contribution in [1.82, 2.24) is 9.97 Å². The molecule has 0 saturated carbocycles. The molecule has 2 rings (SSSR count). The number of hydrogen-bond donors (Lipinski definition) is 1. The van der Waals surface area contributed by atoms with E-state index >= 15 is 0 Å². The summed E-state index contributed by atoms with van der Waals surface area (Å²) in [4.78, 5) is 20.9. The number of hydrogen-bond acceptors (Lipinski definition) is 4. The van der Waals surface area contributed by atoms with E-state index in [0.717, 1.165) is 25.9 Å². The van der Waals surface area contributed by atoms with Crippen molar-refractivity contribution in [1.29, 1.82) is 0 Å². The summed E-state index contributed by atoms with van der Waals surface area (Å²) in [6.45, 7) is 1.87. The maximum Gasteiger partial charge on any atom is 0.267 e. The predicted molar refractivity (Wildman–Crippen MR) is 57.0 cm³/mol. The van der Waals surface area contributed by atoms with Gasteiger partial charge in [-0.2, -0.15) is 0 Å². The topological polar surface area (TPSA) is 72.1 Å². The minimum Gasteiger partial charge on any atom is -0.364 e. The highest BCUT2D eigenvalue weighted by Gasteiger charge is 2.16. The molecule has 15 heavy (non-hydrogen) atoms. The first-order chi connectivity index (χ1) is 7.16. The van der Waals surface area contributed by atoms with Gasteiger partial charge in [-0.15, -0.1) is 0 Å². The van der Waals surface area contributed by atoms with E-state index in [1.807, 2.05) is 0 Å². The second kappa shape index (κ2) is 4.02. The molecule has 2 heterocycles. The zero-order chi connectivity index (χ0) is 10.8. The number of anilines is 1. The maximum absolute atomic E-state index is 11.0. The summed E-state index contributed by atoms with van der Waals surface area (Å²) in [6.07, 6.45) is 2.26. The Morgan fingerprint density at radius 3 is 2.67 bits per heavy atom. The van der Waals surface area contributed by atoms with E-state index in [4.69, 9.17) is 17.3 Å². The Kier molecular flexibility index (Phi) is 2.73. The minimum absolute atomic E-state index is 0.0631. The number of rotatable bonds is 2. The van der Waals surface area contributed by atoms with Gasteiger partial charge in [-0.3, -0.25) is 4.79 Å². The van der Waals surface area contributed by atoms with Crippen LogP contribution in [0.3, 0.4) is 0 Å². The maximum atomic E-state index is 11.0. The Morgan fingerprint density at radius 2 is 2.07 bits per heavy atom. The molecule has 0 bridgehead atoms. The Hall–Kier alpha value is -1.36. The van der Waals surface area contributed by atoms with Crippen LogP contribution in [0.4, 0.5) is 5.82 Å². The molecule has 0 spiro atoms. The summed E-state index contributed by atoms with van der Waals surface area (Å²) in [5, 5.41) is 0.0631. The number of carbonyl (C=O) groups is 1. The number of carbonyl (C=O) groups excluding carboxylic acids is 1. The summed E-state index contributed by atoms with van der Waals surface area (Å²) in [5.74, 6) is 0.0982. The van der Waals surface area contributed by atoms with Crippen LogP contribution in [0, 0.1) is 0 Å². The average molecular weight is 227 g/mol. The van der Waals surface area contributed by atoms with Crippen LogP contribution in [0.25, 0.3) is 0 Å². The van der Waals surface area contributed by atoms with Gasteiger partial charge in [0.2, 0.25) is 5.28 Å². The van der Waals surface area contributed by atoms with E-state index in [2.05, 4.69) is 14.9 Å². The van der Waals surface area contributed by atoms with E-state index in [1.54, 1.807) is 6.07 Å². The van der Waals surface area contributed by atoms with E-state index in [1.165, 1.54) is 0 Å². The summed E-state index contributed by atoms with van der Waals surface area (Å²) in [5.41, 5.74) is 5.31. The third kappa shape index (κ3) is 2.18. The molecule has 1 aliphatic heterocycles. The molecule has 5 nitrogen and oxygen atoms in total. The SMILES string of the molecule is NC(=O)c1cc(N2CCCC2)nc(Cl)n1. The van der Waals surface area contributed by atoms with E-state index < -0.39 is 5.91 Å². The lowest BCUT2D eigenvalue weighted by atomic mass is 10.3. The molecule has 1 saturated heterocycles. The smallest absolute Gasteiger partial charge is 0.267 e. The van der Waals surface area contributed by atoms with E-state index in [9.17, 15) is 4.79 Å². The molecule has 1 amide bonds. The summed E-state index contributed by atoms with van der Waals surface area (Å²) >= 11 is 5.72. The number of amides is 1. The van der Waals surface area contributed by atoms with Crippen LogP contribution in [0.5, 0.6) is 0 Å². The van der Waals surface area contributed by atoms with Crippen LogP contribution >= 0.6 is 11.6 Å². The molecule has 0 atom stereocenters. The van der Waals surface area contributed by atoms with Gasteiger partial charge in [0, 0.05) is 19.2 Å². The Bertz CT molecular complexity index is 390. The predicted octanol–water partition coefficient (Wildman–Crippen LogP) is 0.829. The van der Waals surface area contributed by atoms with Crippen LogP contribution in [-0.4, -0.2) is 29.0 Å². The van der Waals surface area contributed by atoms with Crippen molar-refractivity contribution < 1.29 is 4.79 Å². The van der Waals surface area contributed by atoms with E-state index in [0.29, 0.717) is 5.82 Å². The third-order valence-corrected chi connectivity index (χ3v) is 2.54. The molecule has 80 valence electrons. The summed E-state index contributed by atoms with van der Waals surface area (Å²) in [6, 6.07) is 1.58. The molecule has 2 N–H and O–H groups in total. The minimum atomic E-state index is -0.584. The first-order valence-corrected chi connectivity index (χ1v) is 5.14. The van der Waals surface area contributed by atoms with Crippen LogP contribution in [0.1, 0.15) is 23.3 Å². The monoisotopic (exact) mass is 226 g/mol. The first-order valence-electron chi connectivity index (χ1n) is 4.76. The standard InChI is InChI=1S/C9H11ClN4O/c10-9-12-6(8(11)15)5-7(13-9)14-3-1-2-4-14/h5H,1-4H2,(H2,11,15). The fourth-order valence-corrected chi connectivity index (χ4v) is 1.82. The zero-order valence-electron chi connectivity index (χ0n) is 8.11. The molecule has 0 unspecified atom stereocenters. The second-order valence-corrected chi connectivity index (χ2v) is 3.78. The van der Waals surface area contributed by atoms with Crippen molar-refractivity contribution in [2.24, 2.45) is 5.73 Å². The summed E-state index contributed by atoms with van der Waals surface area (Å²) < 4.78 is 0. The van der Waals surface area contributed by atoms with Gasteiger partial charge in [-0.25, -0.2) is 9.97 Å². The van der Waals surface area contributed by atoms with Gasteiger partial charge in [0.05, 0.1) is 0 Å². The molecule has 1 fully saturated rings. The lowest BCUT2D eigenvalue weighted by molar-refractivity contribution is 0.0995. The lowest BCUT2D eigenvalue weighted by Gasteiger charge is -2.16. The number of nitrogens with zero attached hydrogens (tertiary/aromatic N) is 3. The fourth-order valence-electron chi connectivity index (χ4n) is 1.64. The zero-order valence-corrected chi connectivity index (χ0v) is 8.87. The largest absolute Gasteiger partial charge is 0.364 e. The molecular formula is C9H11ClN4O. The second-order valence-electron chi connectivity index (χ2n) is 3.44. The van der Waals surface area contributed by atoms with Crippen LogP contribution in [-0.2, 0) is 0 Å². The van der Waals surface area contributed by atoms with E-state index in [-0.39, 0.29) is 11.0 Å². The van der Waals surface area contributed by atoms with Crippen LogP contribution in [0.15, 0.2) is 6.07 Å². The highest BCUT2D eigenvalue weighted by atomic mass is 35.5. The average Bonchev–Trinajstić information content (AvgIpc) is 2.69. The lowest BCUT2D eigenvalue weighted by Crippen LogP contribution is -2.21. The van der Waals surface area contributed by atoms with Gasteiger partial charge in [0.15, 0.2) is 0 Å². The Balaban J connectivity index is 2.34. The van der Waals surface area contributed by atoms with Gasteiger partial charge < -0.3 is 10.6 Å². The normalized spacial score (nSPS) is 15.7. The van der Waals surface area contributed by atoms with Crippen LogP contribution < -0.4 is 10.6 Å². The first kappa shape index (κ1) is 10.2. The molecule has 0 aliphatic carbocycles. The van der Waals surface area contributed by atoms with Gasteiger partial charge in [-0.1, -0.05) is 0 Å². The molecule has 0 radical (unpaired) electrons. The fraction of sp³-hybridized carbons (Fsp3) is 0.444. The quantitative estimate of drug-likeness (QED) is 0.759. The van der Waals surface area contributed by atoms with Crippen molar-refractivity contribution in [2.75, 3.05) is 18.0 Å². The number of aromatic nitrogens is 2. The summed E-state index contributed by atoms with van der Waals surface area (Å²) in [7, 11) is 0. The van der Waals surface area contributed by atoms with Gasteiger partial charge in [0.1, 0.15) is 11.5 Å². The highest BCUT2D eigenvalue weighted by molar-refractivity contribution is 6.28. The molecule has 1 aromatic rings. The van der Waals surface area contributed by atoms with Crippen molar-refractivity contribution in [2.45, 2.75) is 12.8 Å². The van der Waals surface area contributed by atoms with Crippen molar-refractivity contribution in [3.05, 3.63) is 17.0 Å². The molecule has 6 heteroatoms. The van der Waals surface area contributed by atoms with Crippen molar-refractivity contribution >= 4 is 23.3 Å². The molecule has 1 aliphatic rings. The number of nitrogens with two attached hydrogens (primary N) is 1. The molecule has 1 aromatic heterocycles. The third-order valence-electron chi connectivity index (χ3n) is 2.37. The van der Waals surface area contributed by atoms with Gasteiger partial charge >= 0.3 is 0 Å². The molecule has 0 aromatic carbocycles. The van der Waals surface area contributed by atoms with Gasteiger partial charge in [-0.05, 0) is 24.4 Å². The van der Waals surface area contributed by atoms with Crippen molar-refractivity contribution in [3.8, 4) is 0 Å². The Morgan fingerprint density at radius 1 is 1.40 bits per heavy atom. The van der Waals surface area contributed by atoms with Crippen LogP contribution in [0.2, 0.25) is 5.28 Å². The Labute approximate surface area is 92.3 Å². The van der Waals surface area contributed by atoms with Gasteiger partial charge in [0.25, 0.3) is 5.91 Å². The highest BCUT2D eigenvalue weighted by Crippen LogP contribution is 2.19. The number of primary amides is 1. The van der Waals surface area contributed by atoms with Crippen molar-refractivity contribution in [3.63, 3.8) is 0 Å². The molecular weight excluding hydrogens is 216 g/mol. The number of halogens is 1.